The number of oxime groups is 1. The van der Waals surface area contributed by atoms with Crippen LogP contribution in [0.4, 0.5) is 0 Å². The van der Waals surface area contributed by atoms with Crippen LogP contribution < -0.4 is 0 Å². The Bertz CT molecular complexity index is 513. The number of nitrogens with zero attached hydrogens (tertiary/aromatic N) is 1. The molecule has 19 heavy (non-hydrogen) atoms. The summed E-state index contributed by atoms with van der Waals surface area (Å²) in [6.45, 7) is 0. The van der Waals surface area contributed by atoms with Crippen molar-refractivity contribution in [2.75, 3.05) is 0 Å². The fourth-order valence-electron chi connectivity index (χ4n) is 2.56. The van der Waals surface area contributed by atoms with Crippen LogP contribution in [0.1, 0.15) is 37.7 Å². The van der Waals surface area contributed by atoms with Crippen LogP contribution in [0.15, 0.2) is 59.3 Å². The first kappa shape index (κ1) is 12.2. The van der Waals surface area contributed by atoms with E-state index in [1.807, 2.05) is 18.2 Å². The van der Waals surface area contributed by atoms with Crippen molar-refractivity contribution in [2.24, 2.45) is 5.16 Å². The Balaban J connectivity index is 1.51. The molecular weight excluding hydrogens is 234 g/mol. The lowest BCUT2D eigenvalue weighted by atomic mass is 9.98. The van der Waals surface area contributed by atoms with Crippen LogP contribution in [-0.2, 0) is 4.84 Å². The lowest BCUT2D eigenvalue weighted by Gasteiger charge is -2.10. The molecule has 2 nitrogen and oxygen atoms in total. The molecule has 0 N–H and O–H groups in total. The molecule has 1 aromatic carbocycles. The Morgan fingerprint density at radius 1 is 1.16 bits per heavy atom. The van der Waals surface area contributed by atoms with Crippen molar-refractivity contribution in [2.45, 2.75) is 38.2 Å². The van der Waals surface area contributed by atoms with Gasteiger partial charge in [-0.1, -0.05) is 59.3 Å². The van der Waals surface area contributed by atoms with Gasteiger partial charge in [-0.05, 0) is 31.2 Å². The van der Waals surface area contributed by atoms with Gasteiger partial charge >= 0.3 is 0 Å². The minimum absolute atomic E-state index is 0.242. The van der Waals surface area contributed by atoms with Crippen LogP contribution in [0, 0.1) is 0 Å². The molecular formula is C17H19NO. The first-order valence-corrected chi connectivity index (χ1v) is 7.05. The highest BCUT2D eigenvalue weighted by molar-refractivity contribution is 6.01. The standard InChI is InChI=1S/C17H19NO/c1-3-7-14(8-4-1)11-12-16-13-17(18-19-16)15-9-5-2-6-10-15/h2-3,5-10,16H,1,4,11-13H2. The molecule has 1 atom stereocenters. The molecule has 1 aliphatic heterocycles. The predicted molar refractivity (Wildman–Crippen MR) is 78.2 cm³/mol. The average Bonchev–Trinajstić information content (AvgIpc) is 2.96. The summed E-state index contributed by atoms with van der Waals surface area (Å²) in [5.41, 5.74) is 3.71. The van der Waals surface area contributed by atoms with Crippen molar-refractivity contribution in [3.8, 4) is 0 Å². The Morgan fingerprint density at radius 2 is 2.05 bits per heavy atom. The smallest absolute Gasteiger partial charge is 0.133 e. The van der Waals surface area contributed by atoms with Gasteiger partial charge < -0.3 is 4.84 Å². The van der Waals surface area contributed by atoms with Gasteiger partial charge in [-0.2, -0.15) is 0 Å². The first-order valence-electron chi connectivity index (χ1n) is 7.05. The summed E-state index contributed by atoms with van der Waals surface area (Å²) in [6.07, 6.45) is 12.5. The Hall–Kier alpha value is -1.83. The molecule has 98 valence electrons. The second kappa shape index (κ2) is 5.87. The molecule has 0 aromatic heterocycles. The van der Waals surface area contributed by atoms with Gasteiger partial charge in [-0.25, -0.2) is 0 Å². The predicted octanol–water partition coefficient (Wildman–Crippen LogP) is 4.24. The summed E-state index contributed by atoms with van der Waals surface area (Å²) >= 11 is 0. The first-order chi connectivity index (χ1) is 9.42. The molecule has 2 aliphatic rings. The summed E-state index contributed by atoms with van der Waals surface area (Å²) in [7, 11) is 0. The maximum atomic E-state index is 5.55. The van der Waals surface area contributed by atoms with Crippen molar-refractivity contribution in [1.29, 1.82) is 0 Å². The topological polar surface area (TPSA) is 21.6 Å². The highest BCUT2D eigenvalue weighted by Gasteiger charge is 2.21. The summed E-state index contributed by atoms with van der Waals surface area (Å²) < 4.78 is 0. The number of rotatable bonds is 4. The van der Waals surface area contributed by atoms with Crippen molar-refractivity contribution < 1.29 is 4.84 Å². The van der Waals surface area contributed by atoms with E-state index in [2.05, 4.69) is 35.5 Å². The lowest BCUT2D eigenvalue weighted by Crippen LogP contribution is -2.08. The van der Waals surface area contributed by atoms with E-state index in [1.165, 1.54) is 24.0 Å². The van der Waals surface area contributed by atoms with E-state index in [0.717, 1.165) is 25.0 Å². The zero-order chi connectivity index (χ0) is 12.9. The highest BCUT2D eigenvalue weighted by atomic mass is 16.6. The highest BCUT2D eigenvalue weighted by Crippen LogP contribution is 2.23. The van der Waals surface area contributed by atoms with Crippen LogP contribution in [0.25, 0.3) is 0 Å². The largest absolute Gasteiger partial charge is 0.392 e. The third-order valence-corrected chi connectivity index (χ3v) is 3.67. The third kappa shape index (κ3) is 3.14. The van der Waals surface area contributed by atoms with Crippen LogP contribution in [0.2, 0.25) is 0 Å². The molecule has 0 radical (unpaired) electrons. The van der Waals surface area contributed by atoms with E-state index in [-0.39, 0.29) is 6.10 Å². The second-order valence-electron chi connectivity index (χ2n) is 5.13. The van der Waals surface area contributed by atoms with Crippen LogP contribution in [-0.4, -0.2) is 11.8 Å². The normalized spacial score (nSPS) is 21.8. The number of allylic oxidation sites excluding steroid dienone is 4. The lowest BCUT2D eigenvalue weighted by molar-refractivity contribution is 0.0795. The van der Waals surface area contributed by atoms with Gasteiger partial charge in [0.25, 0.3) is 0 Å². The van der Waals surface area contributed by atoms with Crippen molar-refractivity contribution in [3.05, 3.63) is 59.7 Å². The van der Waals surface area contributed by atoms with E-state index in [4.69, 9.17) is 4.84 Å². The van der Waals surface area contributed by atoms with Gasteiger partial charge in [-0.15, -0.1) is 0 Å². The molecule has 1 unspecified atom stereocenters. The summed E-state index contributed by atoms with van der Waals surface area (Å²) in [5, 5.41) is 4.23. The Kier molecular flexibility index (Phi) is 3.78. The molecule has 3 rings (SSSR count). The van der Waals surface area contributed by atoms with Gasteiger partial charge in [0.2, 0.25) is 0 Å². The molecule has 0 saturated heterocycles. The fraction of sp³-hybridized carbons (Fsp3) is 0.353. The molecule has 1 heterocycles. The zero-order valence-electron chi connectivity index (χ0n) is 11.1. The fourth-order valence-corrected chi connectivity index (χ4v) is 2.56. The van der Waals surface area contributed by atoms with Crippen molar-refractivity contribution in [3.63, 3.8) is 0 Å². The van der Waals surface area contributed by atoms with E-state index < -0.39 is 0 Å². The second-order valence-corrected chi connectivity index (χ2v) is 5.13. The molecule has 0 spiro atoms. The van der Waals surface area contributed by atoms with Gasteiger partial charge in [0.1, 0.15) is 6.10 Å². The third-order valence-electron chi connectivity index (χ3n) is 3.67. The SMILES string of the molecule is C1=CC(CCC2CC(c3ccccc3)=NO2)=CCC1. The van der Waals surface area contributed by atoms with E-state index in [1.54, 1.807) is 0 Å². The average molecular weight is 253 g/mol. The molecule has 0 amide bonds. The summed E-state index contributed by atoms with van der Waals surface area (Å²) in [6, 6.07) is 10.3. The van der Waals surface area contributed by atoms with E-state index in [0.29, 0.717) is 0 Å². The quantitative estimate of drug-likeness (QED) is 0.786. The molecule has 1 aliphatic carbocycles. The van der Waals surface area contributed by atoms with E-state index >= 15 is 0 Å². The van der Waals surface area contributed by atoms with Gasteiger partial charge in [0, 0.05) is 6.42 Å². The summed E-state index contributed by atoms with van der Waals surface area (Å²) in [5.74, 6) is 0. The van der Waals surface area contributed by atoms with Gasteiger partial charge in [0.05, 0.1) is 5.71 Å². The summed E-state index contributed by atoms with van der Waals surface area (Å²) in [4.78, 5) is 5.55. The molecule has 0 bridgehead atoms. The van der Waals surface area contributed by atoms with Crippen molar-refractivity contribution >= 4 is 5.71 Å². The minimum atomic E-state index is 0.242. The molecule has 0 saturated carbocycles. The molecule has 2 heteroatoms. The number of hydrogen-bond donors (Lipinski definition) is 0. The van der Waals surface area contributed by atoms with Gasteiger partial charge in [0.15, 0.2) is 0 Å². The Morgan fingerprint density at radius 3 is 2.84 bits per heavy atom. The van der Waals surface area contributed by atoms with E-state index in [9.17, 15) is 0 Å². The molecule has 0 fully saturated rings. The minimum Gasteiger partial charge on any atom is -0.392 e. The van der Waals surface area contributed by atoms with Crippen LogP contribution in [0.5, 0.6) is 0 Å². The maximum Gasteiger partial charge on any atom is 0.133 e. The Labute approximate surface area is 114 Å². The molecule has 1 aromatic rings. The van der Waals surface area contributed by atoms with Crippen LogP contribution in [0.3, 0.4) is 0 Å². The number of benzene rings is 1. The van der Waals surface area contributed by atoms with Gasteiger partial charge in [-0.3, -0.25) is 0 Å². The van der Waals surface area contributed by atoms with Crippen molar-refractivity contribution in [1.82, 2.24) is 0 Å². The number of hydrogen-bond acceptors (Lipinski definition) is 2. The monoisotopic (exact) mass is 253 g/mol. The van der Waals surface area contributed by atoms with Crippen LogP contribution >= 0.6 is 0 Å². The maximum absolute atomic E-state index is 5.55. The zero-order valence-corrected chi connectivity index (χ0v) is 11.1.